The first-order chi connectivity index (χ1) is 9.33. The van der Waals surface area contributed by atoms with Crippen LogP contribution >= 0.6 is 11.3 Å². The van der Waals surface area contributed by atoms with Gasteiger partial charge in [-0.25, -0.2) is 4.98 Å². The van der Waals surface area contributed by atoms with E-state index in [4.69, 9.17) is 0 Å². The average molecular weight is 303 g/mol. The summed E-state index contributed by atoms with van der Waals surface area (Å²) in [6.07, 6.45) is -4.39. The van der Waals surface area contributed by atoms with Crippen LogP contribution in [0, 0.1) is 6.92 Å². The Bertz CT molecular complexity index is 624. The third kappa shape index (κ3) is 4.09. The molecule has 1 aromatic carbocycles. The topological polar surface area (TPSA) is 54.0 Å². The molecule has 2 rings (SSSR count). The van der Waals surface area contributed by atoms with Gasteiger partial charge in [-0.15, -0.1) is 11.3 Å². The van der Waals surface area contributed by atoms with Gasteiger partial charge in [0.05, 0.1) is 21.8 Å². The number of rotatable bonds is 4. The molecule has 1 amide bonds. The highest BCUT2D eigenvalue weighted by atomic mass is 32.1. The molecular weight excluding hydrogens is 291 g/mol. The monoisotopic (exact) mass is 303 g/mol. The first-order valence-corrected chi connectivity index (χ1v) is 6.60. The second-order valence-corrected chi connectivity index (χ2v) is 5.40. The van der Waals surface area contributed by atoms with Gasteiger partial charge in [0.2, 0.25) is 5.91 Å². The van der Waals surface area contributed by atoms with Crippen LogP contribution in [0.2, 0.25) is 0 Å². The van der Waals surface area contributed by atoms with Crippen LogP contribution < -0.4 is 10.6 Å². The van der Waals surface area contributed by atoms with E-state index in [2.05, 4.69) is 10.3 Å². The Labute approximate surface area is 117 Å². The largest absolute Gasteiger partial charge is 0.405 e. The maximum absolute atomic E-state index is 11.9. The Balaban J connectivity index is 1.90. The van der Waals surface area contributed by atoms with E-state index >= 15 is 0 Å². The lowest BCUT2D eigenvalue weighted by atomic mass is 10.3. The molecule has 108 valence electrons. The molecule has 0 bridgehead atoms. The lowest BCUT2D eigenvalue weighted by Gasteiger charge is -2.09. The number of hydrogen-bond acceptors (Lipinski definition) is 4. The van der Waals surface area contributed by atoms with Gasteiger partial charge in [-0.3, -0.25) is 4.79 Å². The number of amides is 1. The summed E-state index contributed by atoms with van der Waals surface area (Å²) in [6.45, 7) is 0.363. The third-order valence-electron chi connectivity index (χ3n) is 2.43. The van der Waals surface area contributed by atoms with Gasteiger partial charge in [-0.05, 0) is 25.1 Å². The van der Waals surface area contributed by atoms with E-state index in [0.717, 1.165) is 15.2 Å². The summed E-state index contributed by atoms with van der Waals surface area (Å²) in [5.74, 6) is -0.706. The van der Waals surface area contributed by atoms with E-state index in [1.807, 2.05) is 13.0 Å². The fourth-order valence-corrected chi connectivity index (χ4v) is 2.46. The Kier molecular flexibility index (Phi) is 4.12. The van der Waals surface area contributed by atoms with Gasteiger partial charge in [0, 0.05) is 5.69 Å². The lowest BCUT2D eigenvalue weighted by molar-refractivity contribution is -0.137. The summed E-state index contributed by atoms with van der Waals surface area (Å²) in [6, 6.07) is 5.35. The van der Waals surface area contributed by atoms with Crippen molar-refractivity contribution in [1.29, 1.82) is 0 Å². The van der Waals surface area contributed by atoms with E-state index < -0.39 is 18.6 Å². The number of carbonyl (C=O) groups is 1. The minimum absolute atomic E-state index is 0.209. The van der Waals surface area contributed by atoms with Gasteiger partial charge in [0.1, 0.15) is 6.54 Å². The molecule has 8 heteroatoms. The normalized spacial score (nSPS) is 11.6. The van der Waals surface area contributed by atoms with Crippen LogP contribution in [-0.2, 0) is 4.79 Å². The summed E-state index contributed by atoms with van der Waals surface area (Å²) in [7, 11) is 0. The molecule has 0 radical (unpaired) electrons. The van der Waals surface area contributed by atoms with Gasteiger partial charge in [-0.2, -0.15) is 13.2 Å². The number of alkyl halides is 3. The second-order valence-electron chi connectivity index (χ2n) is 4.16. The number of benzene rings is 1. The van der Waals surface area contributed by atoms with E-state index in [1.165, 1.54) is 11.3 Å². The molecule has 2 aromatic rings. The lowest BCUT2D eigenvalue weighted by Crippen LogP contribution is -2.37. The molecule has 1 aromatic heterocycles. The SMILES string of the molecule is Cc1nc2ccc(NCC(=O)NCC(F)(F)F)cc2s1. The van der Waals surface area contributed by atoms with E-state index in [1.54, 1.807) is 17.4 Å². The van der Waals surface area contributed by atoms with Crippen LogP contribution in [0.25, 0.3) is 10.2 Å². The number of halogens is 3. The molecular formula is C12H12F3N3OS. The Hall–Kier alpha value is -1.83. The van der Waals surface area contributed by atoms with Crippen molar-refractivity contribution in [3.8, 4) is 0 Å². The predicted molar refractivity (Wildman–Crippen MR) is 71.9 cm³/mol. The number of anilines is 1. The van der Waals surface area contributed by atoms with Crippen molar-refractivity contribution in [3.63, 3.8) is 0 Å². The smallest absolute Gasteiger partial charge is 0.376 e. The number of nitrogens with one attached hydrogen (secondary N) is 2. The Morgan fingerprint density at radius 2 is 2.15 bits per heavy atom. The first-order valence-electron chi connectivity index (χ1n) is 5.78. The summed E-state index contributed by atoms with van der Waals surface area (Å²) in [5.41, 5.74) is 1.53. The average Bonchev–Trinajstić information content (AvgIpc) is 2.72. The van der Waals surface area contributed by atoms with Gasteiger partial charge >= 0.3 is 6.18 Å². The predicted octanol–water partition coefficient (Wildman–Crippen LogP) is 2.70. The molecule has 0 atom stereocenters. The van der Waals surface area contributed by atoms with Crippen molar-refractivity contribution in [2.45, 2.75) is 13.1 Å². The maximum Gasteiger partial charge on any atom is 0.405 e. The quantitative estimate of drug-likeness (QED) is 0.913. The summed E-state index contributed by atoms with van der Waals surface area (Å²) in [4.78, 5) is 15.5. The highest BCUT2D eigenvalue weighted by Crippen LogP contribution is 2.24. The third-order valence-corrected chi connectivity index (χ3v) is 3.37. The van der Waals surface area contributed by atoms with Gasteiger partial charge in [0.25, 0.3) is 0 Å². The first kappa shape index (κ1) is 14.6. The van der Waals surface area contributed by atoms with Crippen molar-refractivity contribution in [2.24, 2.45) is 0 Å². The Morgan fingerprint density at radius 1 is 1.40 bits per heavy atom. The number of hydrogen-bond donors (Lipinski definition) is 2. The highest BCUT2D eigenvalue weighted by molar-refractivity contribution is 7.18. The second kappa shape index (κ2) is 5.66. The zero-order valence-electron chi connectivity index (χ0n) is 10.5. The van der Waals surface area contributed by atoms with E-state index in [-0.39, 0.29) is 6.54 Å². The van der Waals surface area contributed by atoms with Crippen molar-refractivity contribution < 1.29 is 18.0 Å². The number of thiazole rings is 1. The van der Waals surface area contributed by atoms with Crippen LogP contribution in [0.15, 0.2) is 18.2 Å². The zero-order valence-corrected chi connectivity index (χ0v) is 11.4. The standard InChI is InChI=1S/C12H12F3N3OS/c1-7-18-9-3-2-8(4-10(9)20-7)16-5-11(19)17-6-12(13,14)15/h2-4,16H,5-6H2,1H3,(H,17,19). The van der Waals surface area contributed by atoms with E-state index in [0.29, 0.717) is 5.69 Å². The molecule has 0 saturated carbocycles. The molecule has 4 nitrogen and oxygen atoms in total. The molecule has 0 unspecified atom stereocenters. The molecule has 20 heavy (non-hydrogen) atoms. The fraction of sp³-hybridized carbons (Fsp3) is 0.333. The number of aromatic nitrogens is 1. The molecule has 0 aliphatic carbocycles. The number of aryl methyl sites for hydroxylation is 1. The zero-order chi connectivity index (χ0) is 14.8. The molecule has 0 fully saturated rings. The van der Waals surface area contributed by atoms with Crippen LogP contribution in [0.4, 0.5) is 18.9 Å². The highest BCUT2D eigenvalue weighted by Gasteiger charge is 2.27. The summed E-state index contributed by atoms with van der Waals surface area (Å²) < 4.78 is 36.7. The minimum atomic E-state index is -4.39. The number of carbonyl (C=O) groups excluding carboxylic acids is 1. The van der Waals surface area contributed by atoms with Crippen LogP contribution in [0.5, 0.6) is 0 Å². The summed E-state index contributed by atoms with van der Waals surface area (Å²) >= 11 is 1.51. The van der Waals surface area contributed by atoms with Crippen LogP contribution in [-0.4, -0.2) is 30.2 Å². The van der Waals surface area contributed by atoms with Gasteiger partial charge < -0.3 is 10.6 Å². The molecule has 0 aliphatic rings. The van der Waals surface area contributed by atoms with Crippen LogP contribution in [0.3, 0.4) is 0 Å². The van der Waals surface area contributed by atoms with Gasteiger partial charge in [-0.1, -0.05) is 0 Å². The van der Waals surface area contributed by atoms with Gasteiger partial charge in [0.15, 0.2) is 0 Å². The number of nitrogens with zero attached hydrogens (tertiary/aromatic N) is 1. The summed E-state index contributed by atoms with van der Waals surface area (Å²) in [5, 5.41) is 5.51. The van der Waals surface area contributed by atoms with Crippen LogP contribution in [0.1, 0.15) is 5.01 Å². The Morgan fingerprint density at radius 3 is 2.85 bits per heavy atom. The van der Waals surface area contributed by atoms with Crippen molar-refractivity contribution in [3.05, 3.63) is 23.2 Å². The van der Waals surface area contributed by atoms with Crippen molar-refractivity contribution in [1.82, 2.24) is 10.3 Å². The minimum Gasteiger partial charge on any atom is -0.376 e. The molecule has 0 aliphatic heterocycles. The van der Waals surface area contributed by atoms with Crippen molar-refractivity contribution >= 4 is 33.1 Å². The molecule has 2 N–H and O–H groups in total. The van der Waals surface area contributed by atoms with Crippen molar-refractivity contribution in [2.75, 3.05) is 18.4 Å². The van der Waals surface area contributed by atoms with E-state index in [9.17, 15) is 18.0 Å². The molecule has 1 heterocycles. The molecule has 0 spiro atoms. The number of fused-ring (bicyclic) bond motifs is 1. The molecule has 0 saturated heterocycles. The maximum atomic E-state index is 11.9. The fourth-order valence-electron chi connectivity index (χ4n) is 1.59.